The van der Waals surface area contributed by atoms with E-state index in [1.807, 2.05) is 11.4 Å². The van der Waals surface area contributed by atoms with Crippen LogP contribution in [-0.2, 0) is 0 Å². The van der Waals surface area contributed by atoms with E-state index < -0.39 is 0 Å². The van der Waals surface area contributed by atoms with Gasteiger partial charge in [0.1, 0.15) is 5.75 Å². The molecule has 4 heteroatoms. The maximum Gasteiger partial charge on any atom is 0.159 e. The van der Waals surface area contributed by atoms with Gasteiger partial charge >= 0.3 is 0 Å². The molecule has 2 nitrogen and oxygen atoms in total. The molecular formula is C13H14BrNOS. The number of aromatic nitrogens is 1. The molecule has 0 spiro atoms. The van der Waals surface area contributed by atoms with Gasteiger partial charge in [-0.05, 0) is 39.5 Å². The van der Waals surface area contributed by atoms with E-state index in [1.165, 1.54) is 5.56 Å². The lowest BCUT2D eigenvalue weighted by molar-refractivity contribution is 0.416. The molecule has 0 radical (unpaired) electrons. The van der Waals surface area contributed by atoms with Gasteiger partial charge in [0.05, 0.1) is 12.8 Å². The molecule has 0 amide bonds. The number of ether oxygens (including phenoxy) is 1. The van der Waals surface area contributed by atoms with Crippen LogP contribution in [0.25, 0.3) is 11.3 Å². The highest BCUT2D eigenvalue weighted by Gasteiger charge is 2.11. The molecule has 90 valence electrons. The molecule has 0 aliphatic heterocycles. The molecule has 0 saturated heterocycles. The van der Waals surface area contributed by atoms with Crippen molar-refractivity contribution in [1.82, 2.24) is 4.98 Å². The highest BCUT2D eigenvalue weighted by Crippen LogP contribution is 2.34. The standard InChI is InChI=1S/C13H14BrNOS/c1-8(2)9-4-5-12(16-3)10(6-9)11-7-17-13(14)15-11/h4-8H,1-3H3. The zero-order valence-corrected chi connectivity index (χ0v) is 12.4. The smallest absolute Gasteiger partial charge is 0.159 e. The van der Waals surface area contributed by atoms with Crippen LogP contribution in [0.2, 0.25) is 0 Å². The van der Waals surface area contributed by atoms with Crippen molar-refractivity contribution < 1.29 is 4.74 Å². The molecule has 17 heavy (non-hydrogen) atoms. The molecular weight excluding hydrogens is 298 g/mol. The third-order valence-electron chi connectivity index (χ3n) is 2.64. The van der Waals surface area contributed by atoms with Crippen molar-refractivity contribution in [3.63, 3.8) is 0 Å². The SMILES string of the molecule is COc1ccc(C(C)C)cc1-c1csc(Br)n1. The predicted molar refractivity (Wildman–Crippen MR) is 75.9 cm³/mol. The Morgan fingerprint density at radius 3 is 2.65 bits per heavy atom. The van der Waals surface area contributed by atoms with Gasteiger partial charge in [0.15, 0.2) is 3.92 Å². The molecule has 0 aliphatic carbocycles. The summed E-state index contributed by atoms with van der Waals surface area (Å²) in [7, 11) is 1.69. The molecule has 0 saturated carbocycles. The number of halogens is 1. The molecule has 1 aromatic carbocycles. The molecule has 0 unspecified atom stereocenters. The van der Waals surface area contributed by atoms with Crippen molar-refractivity contribution >= 4 is 27.3 Å². The fourth-order valence-corrected chi connectivity index (χ4v) is 2.67. The second-order valence-electron chi connectivity index (χ2n) is 4.10. The summed E-state index contributed by atoms with van der Waals surface area (Å²) in [4.78, 5) is 4.45. The predicted octanol–water partition coefficient (Wildman–Crippen LogP) is 4.70. The minimum atomic E-state index is 0.502. The van der Waals surface area contributed by atoms with E-state index in [4.69, 9.17) is 4.74 Å². The Balaban J connectivity index is 2.53. The average molecular weight is 312 g/mol. The lowest BCUT2D eigenvalue weighted by atomic mass is 9.99. The number of hydrogen-bond donors (Lipinski definition) is 0. The first kappa shape index (κ1) is 12.6. The summed E-state index contributed by atoms with van der Waals surface area (Å²) in [5, 5.41) is 2.03. The molecule has 2 aromatic rings. The third kappa shape index (κ3) is 2.69. The van der Waals surface area contributed by atoms with Crippen molar-refractivity contribution in [3.8, 4) is 17.0 Å². The summed E-state index contributed by atoms with van der Waals surface area (Å²) in [6.45, 7) is 4.37. The maximum absolute atomic E-state index is 5.39. The largest absolute Gasteiger partial charge is 0.496 e. The van der Waals surface area contributed by atoms with Crippen LogP contribution >= 0.6 is 27.3 Å². The monoisotopic (exact) mass is 311 g/mol. The van der Waals surface area contributed by atoms with Crippen molar-refractivity contribution in [2.75, 3.05) is 7.11 Å². The van der Waals surface area contributed by atoms with Crippen LogP contribution in [0.1, 0.15) is 25.3 Å². The Kier molecular flexibility index (Phi) is 3.84. The van der Waals surface area contributed by atoms with Crippen LogP contribution in [0.3, 0.4) is 0 Å². The Morgan fingerprint density at radius 2 is 2.12 bits per heavy atom. The summed E-state index contributed by atoms with van der Waals surface area (Å²) in [5.74, 6) is 1.37. The Bertz CT molecular complexity index is 522. The van der Waals surface area contributed by atoms with Gasteiger partial charge in [0.2, 0.25) is 0 Å². The summed E-state index contributed by atoms with van der Waals surface area (Å²) >= 11 is 4.97. The first-order valence-corrected chi connectivity index (χ1v) is 7.08. The Hall–Kier alpha value is -0.870. The van der Waals surface area contributed by atoms with Crippen LogP contribution in [0.5, 0.6) is 5.75 Å². The minimum Gasteiger partial charge on any atom is -0.496 e. The van der Waals surface area contributed by atoms with Crippen LogP contribution in [0, 0.1) is 0 Å². The zero-order chi connectivity index (χ0) is 12.4. The van der Waals surface area contributed by atoms with Crippen LogP contribution in [0.4, 0.5) is 0 Å². The molecule has 0 fully saturated rings. The first-order valence-electron chi connectivity index (χ1n) is 5.41. The molecule has 0 aliphatic rings. The minimum absolute atomic E-state index is 0.502. The number of hydrogen-bond acceptors (Lipinski definition) is 3. The number of methoxy groups -OCH3 is 1. The van der Waals surface area contributed by atoms with Crippen molar-refractivity contribution in [3.05, 3.63) is 33.1 Å². The zero-order valence-electron chi connectivity index (χ0n) is 10.0. The molecule has 1 heterocycles. The van der Waals surface area contributed by atoms with Crippen LogP contribution in [-0.4, -0.2) is 12.1 Å². The molecule has 0 atom stereocenters. The van der Waals surface area contributed by atoms with E-state index in [2.05, 4.69) is 46.9 Å². The van der Waals surface area contributed by atoms with Gasteiger partial charge in [-0.3, -0.25) is 0 Å². The second-order valence-corrected chi connectivity index (χ2v) is 6.23. The number of rotatable bonds is 3. The van der Waals surface area contributed by atoms with Gasteiger partial charge in [0.25, 0.3) is 0 Å². The first-order chi connectivity index (χ1) is 8.11. The molecule has 0 N–H and O–H groups in total. The molecule has 1 aromatic heterocycles. The van der Waals surface area contributed by atoms with E-state index in [0.717, 1.165) is 20.9 Å². The lowest BCUT2D eigenvalue weighted by Gasteiger charge is -2.11. The van der Waals surface area contributed by atoms with Crippen LogP contribution in [0.15, 0.2) is 27.5 Å². The van der Waals surface area contributed by atoms with E-state index >= 15 is 0 Å². The summed E-state index contributed by atoms with van der Waals surface area (Å²) < 4.78 is 6.29. The van der Waals surface area contributed by atoms with Crippen molar-refractivity contribution in [1.29, 1.82) is 0 Å². The quantitative estimate of drug-likeness (QED) is 0.819. The molecule has 0 bridgehead atoms. The van der Waals surface area contributed by atoms with E-state index in [1.54, 1.807) is 18.4 Å². The highest BCUT2D eigenvalue weighted by molar-refractivity contribution is 9.11. The Morgan fingerprint density at radius 1 is 1.35 bits per heavy atom. The number of nitrogens with zero attached hydrogens (tertiary/aromatic N) is 1. The van der Waals surface area contributed by atoms with Crippen molar-refractivity contribution in [2.45, 2.75) is 19.8 Å². The van der Waals surface area contributed by atoms with Gasteiger partial charge in [0, 0.05) is 10.9 Å². The fraction of sp³-hybridized carbons (Fsp3) is 0.308. The fourth-order valence-electron chi connectivity index (χ4n) is 1.66. The normalized spacial score (nSPS) is 10.9. The van der Waals surface area contributed by atoms with E-state index in [9.17, 15) is 0 Å². The van der Waals surface area contributed by atoms with Crippen molar-refractivity contribution in [2.24, 2.45) is 0 Å². The third-order valence-corrected chi connectivity index (χ3v) is 4.01. The van der Waals surface area contributed by atoms with Gasteiger partial charge in [-0.2, -0.15) is 0 Å². The molecule has 2 rings (SSSR count). The van der Waals surface area contributed by atoms with Crippen LogP contribution < -0.4 is 4.74 Å². The highest BCUT2D eigenvalue weighted by atomic mass is 79.9. The summed E-state index contributed by atoms with van der Waals surface area (Å²) in [5.41, 5.74) is 3.31. The van der Waals surface area contributed by atoms with Gasteiger partial charge < -0.3 is 4.74 Å². The van der Waals surface area contributed by atoms with Gasteiger partial charge in [-0.25, -0.2) is 4.98 Å². The number of thiazole rings is 1. The average Bonchev–Trinajstić information content (AvgIpc) is 2.74. The summed E-state index contributed by atoms with van der Waals surface area (Å²) in [6.07, 6.45) is 0. The lowest BCUT2D eigenvalue weighted by Crippen LogP contribution is -1.92. The summed E-state index contributed by atoms with van der Waals surface area (Å²) in [6, 6.07) is 6.28. The maximum atomic E-state index is 5.39. The van der Waals surface area contributed by atoms with Gasteiger partial charge in [-0.1, -0.05) is 19.9 Å². The number of benzene rings is 1. The van der Waals surface area contributed by atoms with E-state index in [0.29, 0.717) is 5.92 Å². The second kappa shape index (κ2) is 5.19. The topological polar surface area (TPSA) is 22.1 Å². The van der Waals surface area contributed by atoms with Gasteiger partial charge in [-0.15, -0.1) is 11.3 Å². The van der Waals surface area contributed by atoms with E-state index in [-0.39, 0.29) is 0 Å². The Labute approximate surface area is 114 Å².